The first-order valence-electron chi connectivity index (χ1n) is 8.44. The van der Waals surface area contributed by atoms with Crippen molar-refractivity contribution < 1.29 is 9.23 Å². The minimum atomic E-state index is -0.296. The van der Waals surface area contributed by atoms with Crippen molar-refractivity contribution in [2.45, 2.75) is 32.6 Å². The lowest BCUT2D eigenvalue weighted by atomic mass is 10.0. The zero-order chi connectivity index (χ0) is 16.7. The Morgan fingerprint density at radius 1 is 1.42 bits per heavy atom. The fourth-order valence-electron chi connectivity index (χ4n) is 3.37. The summed E-state index contributed by atoms with van der Waals surface area (Å²) in [5.41, 5.74) is 4.15. The Morgan fingerprint density at radius 2 is 2.29 bits per heavy atom. The van der Waals surface area contributed by atoms with Crippen molar-refractivity contribution >= 4 is 10.9 Å². The number of nitrogens with one attached hydrogen (secondary N) is 2. The first-order valence-corrected chi connectivity index (χ1v) is 8.44. The number of allylic oxidation sites excluding steroid dienone is 1. The highest BCUT2D eigenvalue weighted by molar-refractivity contribution is 5.83. The first kappa shape index (κ1) is 15.4. The van der Waals surface area contributed by atoms with E-state index in [1.807, 2.05) is 12.3 Å². The van der Waals surface area contributed by atoms with Gasteiger partial charge in [0.1, 0.15) is 11.3 Å². The molecule has 2 aliphatic rings. The summed E-state index contributed by atoms with van der Waals surface area (Å²) >= 11 is 0. The highest BCUT2D eigenvalue weighted by atomic mass is 19.1. The van der Waals surface area contributed by atoms with E-state index in [-0.39, 0.29) is 11.7 Å². The third kappa shape index (κ3) is 2.63. The zero-order valence-electron chi connectivity index (χ0n) is 13.9. The van der Waals surface area contributed by atoms with E-state index < -0.39 is 0 Å². The van der Waals surface area contributed by atoms with Crippen LogP contribution in [0.15, 0.2) is 30.2 Å². The average Bonchev–Trinajstić information content (AvgIpc) is 3.26. The molecule has 0 radical (unpaired) electrons. The number of fused-ring (bicyclic) bond motifs is 1. The maximum absolute atomic E-state index is 14.4. The average molecular weight is 331 g/mol. The van der Waals surface area contributed by atoms with Crippen molar-refractivity contribution in [1.29, 1.82) is 0 Å². The van der Waals surface area contributed by atoms with Crippen LogP contribution in [0.1, 0.15) is 38.3 Å². The van der Waals surface area contributed by atoms with Crippen LogP contribution in [0.5, 0.6) is 0 Å². The van der Waals surface area contributed by atoms with Crippen LogP contribution in [0.4, 0.5) is 4.39 Å². The molecule has 0 bridgehead atoms. The molecular formula is C17H22FN5O. The van der Waals surface area contributed by atoms with E-state index >= 15 is 0 Å². The van der Waals surface area contributed by atoms with Crippen LogP contribution in [0, 0.1) is 11.7 Å². The monoisotopic (exact) mass is 331 g/mol. The standard InChI is InChI=1S/C17H22FN5O/c1-11(2)16-14-4-3-5-15(18)17(14)23(20-16)22-10-13(24-21-22)8-12-6-7-19-9-12/h3-5,10-12,19,21H,6-9H2,1-2H3/t12-/m0/s1. The van der Waals surface area contributed by atoms with Gasteiger partial charge < -0.3 is 10.2 Å². The molecule has 0 saturated carbocycles. The summed E-state index contributed by atoms with van der Waals surface area (Å²) in [4.78, 5) is 7.11. The van der Waals surface area contributed by atoms with Gasteiger partial charge in [0.05, 0.1) is 11.9 Å². The van der Waals surface area contributed by atoms with Gasteiger partial charge in [0, 0.05) is 11.8 Å². The van der Waals surface area contributed by atoms with E-state index in [4.69, 9.17) is 4.84 Å². The zero-order valence-corrected chi connectivity index (χ0v) is 13.9. The molecule has 1 saturated heterocycles. The van der Waals surface area contributed by atoms with Gasteiger partial charge in [-0.25, -0.2) is 4.39 Å². The van der Waals surface area contributed by atoms with Gasteiger partial charge in [-0.15, -0.1) is 0 Å². The molecule has 1 aromatic heterocycles. The summed E-state index contributed by atoms with van der Waals surface area (Å²) < 4.78 is 14.4. The summed E-state index contributed by atoms with van der Waals surface area (Å²) in [5.74, 6) is 1.33. The van der Waals surface area contributed by atoms with Gasteiger partial charge in [0.2, 0.25) is 0 Å². The summed E-state index contributed by atoms with van der Waals surface area (Å²) in [6, 6.07) is 5.08. The van der Waals surface area contributed by atoms with E-state index in [1.54, 1.807) is 16.0 Å². The number of aromatic nitrogens is 2. The van der Waals surface area contributed by atoms with E-state index in [9.17, 15) is 4.39 Å². The Labute approximate surface area is 140 Å². The number of hydrogen-bond acceptors (Lipinski definition) is 5. The lowest BCUT2D eigenvalue weighted by Gasteiger charge is -2.14. The second-order valence-electron chi connectivity index (χ2n) is 6.76. The number of hydrogen-bond donors (Lipinski definition) is 2. The predicted octanol–water partition coefficient (Wildman–Crippen LogP) is 2.53. The number of hydrazine groups is 1. The summed E-state index contributed by atoms with van der Waals surface area (Å²) in [6.45, 7) is 6.18. The summed E-state index contributed by atoms with van der Waals surface area (Å²) in [5, 5.41) is 10.4. The second-order valence-corrected chi connectivity index (χ2v) is 6.76. The fraction of sp³-hybridized carbons (Fsp3) is 0.471. The number of rotatable bonds is 4. The Kier molecular flexibility index (Phi) is 3.90. The van der Waals surface area contributed by atoms with Crippen LogP contribution in [0.3, 0.4) is 0 Å². The summed E-state index contributed by atoms with van der Waals surface area (Å²) in [7, 11) is 0. The van der Waals surface area contributed by atoms with Gasteiger partial charge >= 0.3 is 0 Å². The third-order valence-electron chi connectivity index (χ3n) is 4.60. The van der Waals surface area contributed by atoms with E-state index in [2.05, 4.69) is 29.9 Å². The molecule has 0 aliphatic carbocycles. The van der Waals surface area contributed by atoms with Crippen LogP contribution in [0.25, 0.3) is 10.9 Å². The Morgan fingerprint density at radius 3 is 3.04 bits per heavy atom. The van der Waals surface area contributed by atoms with Gasteiger partial charge in [0.25, 0.3) is 0 Å². The highest BCUT2D eigenvalue weighted by Crippen LogP contribution is 2.28. The molecular weight excluding hydrogens is 309 g/mol. The molecule has 2 aliphatic heterocycles. The molecule has 6 nitrogen and oxygen atoms in total. The molecule has 1 atom stereocenters. The van der Waals surface area contributed by atoms with Crippen molar-refractivity contribution in [3.05, 3.63) is 41.7 Å². The highest BCUT2D eigenvalue weighted by Gasteiger charge is 2.25. The van der Waals surface area contributed by atoms with Crippen molar-refractivity contribution in [2.75, 3.05) is 18.2 Å². The molecule has 0 unspecified atom stereocenters. The van der Waals surface area contributed by atoms with Crippen LogP contribution in [-0.2, 0) is 4.84 Å². The smallest absolute Gasteiger partial charge is 0.151 e. The summed E-state index contributed by atoms with van der Waals surface area (Å²) in [6.07, 6.45) is 3.86. The quantitative estimate of drug-likeness (QED) is 0.902. The van der Waals surface area contributed by atoms with Crippen molar-refractivity contribution in [3.8, 4) is 0 Å². The van der Waals surface area contributed by atoms with Crippen LogP contribution >= 0.6 is 0 Å². The van der Waals surface area contributed by atoms with Crippen LogP contribution < -0.4 is 16.0 Å². The fourth-order valence-corrected chi connectivity index (χ4v) is 3.37. The molecule has 4 rings (SSSR count). The molecule has 2 aromatic rings. The SMILES string of the molecule is CC(C)c1nn(N2C=C(C[C@@H]3CCNC3)ON2)c2c(F)cccc12. The Hall–Kier alpha value is -2.12. The van der Waals surface area contributed by atoms with Gasteiger partial charge in [-0.2, -0.15) is 15.0 Å². The molecule has 0 amide bonds. The first-order chi connectivity index (χ1) is 11.6. The molecule has 128 valence electrons. The van der Waals surface area contributed by atoms with Crippen molar-refractivity contribution in [2.24, 2.45) is 5.92 Å². The lowest BCUT2D eigenvalue weighted by molar-refractivity contribution is 0.102. The van der Waals surface area contributed by atoms with Gasteiger partial charge in [-0.05, 0) is 43.0 Å². The topological polar surface area (TPSA) is 54.4 Å². The minimum absolute atomic E-state index is 0.201. The van der Waals surface area contributed by atoms with Gasteiger partial charge in [0.15, 0.2) is 5.82 Å². The molecule has 0 spiro atoms. The number of halogens is 1. The number of benzene rings is 1. The Bertz CT molecular complexity index is 779. The molecule has 2 N–H and O–H groups in total. The molecule has 24 heavy (non-hydrogen) atoms. The van der Waals surface area contributed by atoms with Crippen LogP contribution in [-0.4, -0.2) is 23.0 Å². The molecule has 1 fully saturated rings. The van der Waals surface area contributed by atoms with Gasteiger partial charge in [-0.1, -0.05) is 26.0 Å². The van der Waals surface area contributed by atoms with Gasteiger partial charge in [-0.3, -0.25) is 0 Å². The third-order valence-corrected chi connectivity index (χ3v) is 4.60. The minimum Gasteiger partial charge on any atom is -0.390 e. The predicted molar refractivity (Wildman–Crippen MR) is 89.9 cm³/mol. The molecule has 1 aromatic carbocycles. The largest absolute Gasteiger partial charge is 0.390 e. The van der Waals surface area contributed by atoms with Crippen molar-refractivity contribution in [3.63, 3.8) is 0 Å². The Balaban J connectivity index is 1.68. The second kappa shape index (κ2) is 6.07. The van der Waals surface area contributed by atoms with Crippen LogP contribution in [0.2, 0.25) is 0 Å². The number of para-hydroxylation sites is 1. The number of nitrogens with zero attached hydrogens (tertiary/aromatic N) is 3. The normalized spacial score (nSPS) is 20.9. The maximum atomic E-state index is 14.4. The molecule has 3 heterocycles. The van der Waals surface area contributed by atoms with E-state index in [1.165, 1.54) is 6.07 Å². The van der Waals surface area contributed by atoms with Crippen molar-refractivity contribution in [1.82, 2.24) is 20.8 Å². The molecule has 7 heteroatoms. The van der Waals surface area contributed by atoms with E-state index in [0.717, 1.165) is 42.8 Å². The van der Waals surface area contributed by atoms with E-state index in [0.29, 0.717) is 11.4 Å². The maximum Gasteiger partial charge on any atom is 0.151 e. The lowest BCUT2D eigenvalue weighted by Crippen LogP contribution is -2.38.